The number of benzene rings is 2. The molecule has 1 nitrogen and oxygen atoms in total. The fourth-order valence-corrected chi connectivity index (χ4v) is 2.66. The van der Waals surface area contributed by atoms with E-state index < -0.39 is 0 Å². The van der Waals surface area contributed by atoms with Gasteiger partial charge in [-0.25, -0.2) is 0 Å². The number of hydrogen-bond donors (Lipinski definition) is 0. The van der Waals surface area contributed by atoms with Crippen LogP contribution in [0.1, 0.15) is 13.3 Å². The van der Waals surface area contributed by atoms with Crippen molar-refractivity contribution in [2.45, 2.75) is 13.3 Å². The Morgan fingerprint density at radius 2 is 1.56 bits per heavy atom. The molecular weight excluding hydrogens is 218 g/mol. The molecule has 2 aromatic rings. The second-order valence-corrected chi connectivity index (χ2v) is 5.25. The van der Waals surface area contributed by atoms with Crippen molar-refractivity contribution in [2.75, 3.05) is 18.0 Å². The maximum atomic E-state index is 2.49. The highest BCUT2D eigenvalue weighted by Crippen LogP contribution is 2.26. The first-order valence-electron chi connectivity index (χ1n) is 6.73. The van der Waals surface area contributed by atoms with Crippen LogP contribution in [0.5, 0.6) is 0 Å². The van der Waals surface area contributed by atoms with Crippen molar-refractivity contribution in [1.82, 2.24) is 0 Å². The normalized spacial score (nSPS) is 19.2. The third-order valence-electron chi connectivity index (χ3n) is 3.76. The zero-order valence-electron chi connectivity index (χ0n) is 10.8. The van der Waals surface area contributed by atoms with Gasteiger partial charge in [0.2, 0.25) is 0 Å². The second-order valence-electron chi connectivity index (χ2n) is 5.25. The number of anilines is 1. The molecule has 0 spiro atoms. The molecule has 1 heterocycles. The van der Waals surface area contributed by atoms with E-state index >= 15 is 0 Å². The molecule has 0 N–H and O–H groups in total. The van der Waals surface area contributed by atoms with Crippen molar-refractivity contribution in [3.8, 4) is 11.1 Å². The topological polar surface area (TPSA) is 3.24 Å². The number of nitrogens with zero attached hydrogens (tertiary/aromatic N) is 1. The largest absolute Gasteiger partial charge is 0.371 e. The van der Waals surface area contributed by atoms with E-state index in [0.29, 0.717) is 0 Å². The Kier molecular flexibility index (Phi) is 3.06. The minimum Gasteiger partial charge on any atom is -0.371 e. The lowest BCUT2D eigenvalue weighted by Gasteiger charge is -2.18. The molecule has 18 heavy (non-hydrogen) atoms. The fourth-order valence-electron chi connectivity index (χ4n) is 2.66. The summed E-state index contributed by atoms with van der Waals surface area (Å²) in [5.41, 5.74) is 3.95. The summed E-state index contributed by atoms with van der Waals surface area (Å²) in [6.45, 7) is 4.73. The first kappa shape index (κ1) is 11.3. The molecule has 0 radical (unpaired) electrons. The summed E-state index contributed by atoms with van der Waals surface area (Å²) < 4.78 is 0. The van der Waals surface area contributed by atoms with E-state index in [1.807, 2.05) is 0 Å². The quantitative estimate of drug-likeness (QED) is 0.756. The van der Waals surface area contributed by atoms with Gasteiger partial charge in [0.15, 0.2) is 0 Å². The van der Waals surface area contributed by atoms with Crippen LogP contribution in [0.4, 0.5) is 5.69 Å². The summed E-state index contributed by atoms with van der Waals surface area (Å²) in [4.78, 5) is 2.49. The molecule has 1 fully saturated rings. The van der Waals surface area contributed by atoms with Crippen molar-refractivity contribution < 1.29 is 0 Å². The van der Waals surface area contributed by atoms with Crippen LogP contribution in [0, 0.1) is 5.92 Å². The summed E-state index contributed by atoms with van der Waals surface area (Å²) in [5.74, 6) is 0.832. The van der Waals surface area contributed by atoms with Crippen LogP contribution < -0.4 is 4.90 Å². The Morgan fingerprint density at radius 3 is 2.17 bits per heavy atom. The molecule has 0 bridgehead atoms. The van der Waals surface area contributed by atoms with E-state index in [1.165, 1.54) is 36.3 Å². The zero-order chi connectivity index (χ0) is 12.4. The molecule has 0 aromatic heterocycles. The van der Waals surface area contributed by atoms with Gasteiger partial charge in [-0.2, -0.15) is 0 Å². The van der Waals surface area contributed by atoms with Gasteiger partial charge in [0, 0.05) is 18.8 Å². The third-order valence-corrected chi connectivity index (χ3v) is 3.76. The lowest BCUT2D eigenvalue weighted by Crippen LogP contribution is -2.18. The van der Waals surface area contributed by atoms with Gasteiger partial charge < -0.3 is 4.90 Å². The molecule has 0 aliphatic carbocycles. The molecule has 1 saturated heterocycles. The number of hydrogen-bond acceptors (Lipinski definition) is 1. The van der Waals surface area contributed by atoms with Crippen LogP contribution in [0.25, 0.3) is 11.1 Å². The fraction of sp³-hybridized carbons (Fsp3) is 0.294. The summed E-state index contributed by atoms with van der Waals surface area (Å²) in [7, 11) is 0. The van der Waals surface area contributed by atoms with Crippen LogP contribution in [-0.2, 0) is 0 Å². The Morgan fingerprint density at radius 1 is 0.889 bits per heavy atom. The maximum Gasteiger partial charge on any atom is 0.0366 e. The SMILES string of the molecule is CC1CCN(c2ccc(-c3ccccc3)cc2)C1. The highest BCUT2D eigenvalue weighted by molar-refractivity contribution is 5.66. The van der Waals surface area contributed by atoms with Crippen molar-refractivity contribution in [2.24, 2.45) is 5.92 Å². The number of rotatable bonds is 2. The smallest absolute Gasteiger partial charge is 0.0366 e. The van der Waals surface area contributed by atoms with Crippen LogP contribution in [0.15, 0.2) is 54.6 Å². The molecule has 1 atom stereocenters. The van der Waals surface area contributed by atoms with E-state index in [0.717, 1.165) is 5.92 Å². The average molecular weight is 237 g/mol. The first-order valence-corrected chi connectivity index (χ1v) is 6.73. The van der Waals surface area contributed by atoms with E-state index in [1.54, 1.807) is 0 Å². The summed E-state index contributed by atoms with van der Waals surface area (Å²) in [6.07, 6.45) is 1.32. The monoisotopic (exact) mass is 237 g/mol. The lowest BCUT2D eigenvalue weighted by molar-refractivity contribution is 0.659. The van der Waals surface area contributed by atoms with Crippen molar-refractivity contribution in [3.05, 3.63) is 54.6 Å². The molecular formula is C17H19N. The predicted octanol–water partition coefficient (Wildman–Crippen LogP) is 4.20. The molecule has 1 aliphatic rings. The lowest BCUT2D eigenvalue weighted by atomic mass is 10.1. The standard InChI is InChI=1S/C17H19N/c1-14-11-12-18(13-14)17-9-7-16(8-10-17)15-5-3-2-4-6-15/h2-10,14H,11-13H2,1H3. The van der Waals surface area contributed by atoms with E-state index in [4.69, 9.17) is 0 Å². The van der Waals surface area contributed by atoms with Gasteiger partial charge in [-0.05, 0) is 35.6 Å². The molecule has 0 saturated carbocycles. The summed E-state index contributed by atoms with van der Waals surface area (Å²) >= 11 is 0. The van der Waals surface area contributed by atoms with Crippen LogP contribution in [0.2, 0.25) is 0 Å². The molecule has 2 aromatic carbocycles. The molecule has 3 rings (SSSR count). The van der Waals surface area contributed by atoms with Crippen molar-refractivity contribution in [1.29, 1.82) is 0 Å². The Labute approximate surface area is 109 Å². The van der Waals surface area contributed by atoms with Gasteiger partial charge in [-0.15, -0.1) is 0 Å². The van der Waals surface area contributed by atoms with E-state index in [9.17, 15) is 0 Å². The maximum absolute atomic E-state index is 2.49. The molecule has 0 amide bonds. The van der Waals surface area contributed by atoms with Gasteiger partial charge >= 0.3 is 0 Å². The van der Waals surface area contributed by atoms with Crippen LogP contribution in [-0.4, -0.2) is 13.1 Å². The van der Waals surface area contributed by atoms with E-state index in [2.05, 4.69) is 66.4 Å². The Balaban J connectivity index is 1.81. The highest BCUT2D eigenvalue weighted by Gasteiger charge is 2.18. The van der Waals surface area contributed by atoms with Crippen LogP contribution in [0.3, 0.4) is 0 Å². The molecule has 1 heteroatoms. The van der Waals surface area contributed by atoms with Gasteiger partial charge in [0.25, 0.3) is 0 Å². The summed E-state index contributed by atoms with van der Waals surface area (Å²) in [6, 6.07) is 19.5. The van der Waals surface area contributed by atoms with E-state index in [-0.39, 0.29) is 0 Å². The minimum absolute atomic E-state index is 0.832. The minimum atomic E-state index is 0.832. The average Bonchev–Trinajstić information content (AvgIpc) is 2.87. The highest BCUT2D eigenvalue weighted by atomic mass is 15.1. The van der Waals surface area contributed by atoms with Crippen LogP contribution >= 0.6 is 0 Å². The molecule has 1 aliphatic heterocycles. The van der Waals surface area contributed by atoms with Crippen molar-refractivity contribution in [3.63, 3.8) is 0 Å². The molecule has 92 valence electrons. The Bertz CT molecular complexity index is 501. The summed E-state index contributed by atoms with van der Waals surface area (Å²) in [5, 5.41) is 0. The van der Waals surface area contributed by atoms with Crippen molar-refractivity contribution >= 4 is 5.69 Å². The second kappa shape index (κ2) is 4.85. The van der Waals surface area contributed by atoms with Gasteiger partial charge in [0.1, 0.15) is 0 Å². The Hall–Kier alpha value is -1.76. The van der Waals surface area contributed by atoms with Gasteiger partial charge in [-0.3, -0.25) is 0 Å². The van der Waals surface area contributed by atoms with Gasteiger partial charge in [0.05, 0.1) is 0 Å². The zero-order valence-corrected chi connectivity index (χ0v) is 10.8. The third kappa shape index (κ3) is 2.26. The van der Waals surface area contributed by atoms with Gasteiger partial charge in [-0.1, -0.05) is 49.4 Å². The predicted molar refractivity (Wildman–Crippen MR) is 77.9 cm³/mol. The molecule has 1 unspecified atom stereocenters. The first-order chi connectivity index (χ1) is 8.83.